The van der Waals surface area contributed by atoms with Crippen LogP contribution in [0.3, 0.4) is 0 Å². The summed E-state index contributed by atoms with van der Waals surface area (Å²) < 4.78 is 11.3. The van der Waals surface area contributed by atoms with E-state index in [1.54, 1.807) is 0 Å². The summed E-state index contributed by atoms with van der Waals surface area (Å²) >= 11 is 0. The first-order chi connectivity index (χ1) is 6.51. The summed E-state index contributed by atoms with van der Waals surface area (Å²) in [5.41, 5.74) is -0.687. The van der Waals surface area contributed by atoms with Gasteiger partial charge in [0, 0.05) is 13.0 Å². The van der Waals surface area contributed by atoms with E-state index in [1.807, 2.05) is 13.8 Å². The van der Waals surface area contributed by atoms with Gasteiger partial charge in [-0.15, -0.1) is 0 Å². The SMILES string of the molecule is CCOC1(C)CCC2CC1(C)OC2=O. The number of hydrogen-bond donors (Lipinski definition) is 0. The average molecular weight is 198 g/mol. The number of fused-ring (bicyclic) bond motifs is 2. The van der Waals surface area contributed by atoms with Crippen molar-refractivity contribution >= 4 is 5.97 Å². The fraction of sp³-hybridized carbons (Fsp3) is 0.909. The predicted octanol–water partition coefficient (Wildman–Crippen LogP) is 1.90. The van der Waals surface area contributed by atoms with Crippen LogP contribution in [-0.2, 0) is 14.3 Å². The van der Waals surface area contributed by atoms with Crippen LogP contribution in [-0.4, -0.2) is 23.8 Å². The van der Waals surface area contributed by atoms with Gasteiger partial charge in [-0.3, -0.25) is 4.79 Å². The minimum absolute atomic E-state index is 0.0315. The van der Waals surface area contributed by atoms with Gasteiger partial charge in [0.25, 0.3) is 0 Å². The molecular weight excluding hydrogens is 180 g/mol. The van der Waals surface area contributed by atoms with E-state index >= 15 is 0 Å². The molecule has 2 bridgehead atoms. The zero-order valence-corrected chi connectivity index (χ0v) is 9.13. The second kappa shape index (κ2) is 2.96. The van der Waals surface area contributed by atoms with Gasteiger partial charge in [0.1, 0.15) is 11.2 Å². The highest BCUT2D eigenvalue weighted by molar-refractivity contribution is 5.76. The molecule has 2 rings (SSSR count). The molecule has 0 aromatic carbocycles. The molecule has 1 aliphatic heterocycles. The Labute approximate surface area is 84.8 Å². The molecule has 3 heteroatoms. The molecule has 14 heavy (non-hydrogen) atoms. The van der Waals surface area contributed by atoms with Gasteiger partial charge in [0.05, 0.1) is 5.92 Å². The van der Waals surface area contributed by atoms with Gasteiger partial charge in [-0.2, -0.15) is 0 Å². The van der Waals surface area contributed by atoms with E-state index in [2.05, 4.69) is 6.92 Å². The van der Waals surface area contributed by atoms with Crippen LogP contribution in [0.5, 0.6) is 0 Å². The Morgan fingerprint density at radius 1 is 1.57 bits per heavy atom. The lowest BCUT2D eigenvalue weighted by molar-refractivity contribution is -0.185. The van der Waals surface area contributed by atoms with Crippen molar-refractivity contribution < 1.29 is 14.3 Å². The smallest absolute Gasteiger partial charge is 0.309 e. The minimum Gasteiger partial charge on any atom is -0.456 e. The standard InChI is InChI=1S/C11H18O3/c1-4-13-10(2)6-5-8-7-11(10,3)14-9(8)12/h8H,4-7H2,1-3H3. The van der Waals surface area contributed by atoms with E-state index in [0.717, 1.165) is 19.3 Å². The van der Waals surface area contributed by atoms with Crippen molar-refractivity contribution in [3.8, 4) is 0 Å². The van der Waals surface area contributed by atoms with Gasteiger partial charge >= 0.3 is 5.97 Å². The highest BCUT2D eigenvalue weighted by Crippen LogP contribution is 2.49. The largest absolute Gasteiger partial charge is 0.456 e. The Morgan fingerprint density at radius 2 is 2.29 bits per heavy atom. The minimum atomic E-state index is -0.400. The monoisotopic (exact) mass is 198 g/mol. The van der Waals surface area contributed by atoms with Gasteiger partial charge in [-0.05, 0) is 33.6 Å². The molecule has 0 aromatic rings. The van der Waals surface area contributed by atoms with Gasteiger partial charge in [0.15, 0.2) is 0 Å². The van der Waals surface area contributed by atoms with E-state index < -0.39 is 5.60 Å². The van der Waals surface area contributed by atoms with Crippen LogP contribution in [0.25, 0.3) is 0 Å². The lowest BCUT2D eigenvalue weighted by atomic mass is 9.71. The highest BCUT2D eigenvalue weighted by atomic mass is 16.6. The Kier molecular flexibility index (Phi) is 2.11. The summed E-state index contributed by atoms with van der Waals surface area (Å²) in [6.07, 6.45) is 2.65. The fourth-order valence-corrected chi connectivity index (χ4v) is 2.70. The molecular formula is C11H18O3. The van der Waals surface area contributed by atoms with Gasteiger partial charge in [-0.1, -0.05) is 0 Å². The van der Waals surface area contributed by atoms with E-state index in [0.29, 0.717) is 6.61 Å². The molecule has 0 N–H and O–H groups in total. The van der Waals surface area contributed by atoms with Crippen molar-refractivity contribution in [3.05, 3.63) is 0 Å². The Bertz CT molecular complexity index is 263. The molecule has 3 unspecified atom stereocenters. The molecule has 3 nitrogen and oxygen atoms in total. The van der Waals surface area contributed by atoms with Crippen LogP contribution >= 0.6 is 0 Å². The molecule has 0 amide bonds. The first-order valence-corrected chi connectivity index (χ1v) is 5.37. The number of rotatable bonds is 2. The predicted molar refractivity (Wildman–Crippen MR) is 51.9 cm³/mol. The van der Waals surface area contributed by atoms with E-state index in [9.17, 15) is 4.79 Å². The lowest BCUT2D eigenvalue weighted by Crippen LogP contribution is -2.53. The third kappa shape index (κ3) is 1.18. The fourth-order valence-electron chi connectivity index (χ4n) is 2.70. The summed E-state index contributed by atoms with van der Waals surface area (Å²) in [5, 5.41) is 0. The molecule has 2 fully saturated rings. The molecule has 1 saturated carbocycles. The van der Waals surface area contributed by atoms with E-state index in [-0.39, 0.29) is 17.5 Å². The third-order valence-electron chi connectivity index (χ3n) is 3.85. The van der Waals surface area contributed by atoms with Gasteiger partial charge in [-0.25, -0.2) is 0 Å². The quantitative estimate of drug-likeness (QED) is 0.636. The number of carbonyl (C=O) groups is 1. The van der Waals surface area contributed by atoms with E-state index in [4.69, 9.17) is 9.47 Å². The molecule has 80 valence electrons. The first-order valence-electron chi connectivity index (χ1n) is 5.37. The maximum Gasteiger partial charge on any atom is 0.309 e. The molecule has 0 aromatic heterocycles. The van der Waals surface area contributed by atoms with Crippen molar-refractivity contribution in [1.29, 1.82) is 0 Å². The number of carbonyl (C=O) groups excluding carboxylic acids is 1. The van der Waals surface area contributed by atoms with Crippen molar-refractivity contribution in [3.63, 3.8) is 0 Å². The number of esters is 1. The molecule has 2 aliphatic rings. The summed E-state index contributed by atoms with van der Waals surface area (Å²) in [6, 6.07) is 0. The maximum absolute atomic E-state index is 11.5. The highest BCUT2D eigenvalue weighted by Gasteiger charge is 2.59. The summed E-state index contributed by atoms with van der Waals surface area (Å²) in [4.78, 5) is 11.5. The first kappa shape index (κ1) is 9.97. The van der Waals surface area contributed by atoms with Gasteiger partial charge < -0.3 is 9.47 Å². The van der Waals surface area contributed by atoms with Crippen molar-refractivity contribution in [2.45, 2.75) is 51.2 Å². The molecule has 0 radical (unpaired) electrons. The molecule has 1 saturated heterocycles. The average Bonchev–Trinajstić information content (AvgIpc) is 2.35. The molecule has 3 atom stereocenters. The van der Waals surface area contributed by atoms with Crippen molar-refractivity contribution in [2.75, 3.05) is 6.61 Å². The zero-order valence-electron chi connectivity index (χ0n) is 9.13. The zero-order chi connectivity index (χ0) is 10.4. The van der Waals surface area contributed by atoms with Crippen LogP contribution in [0.15, 0.2) is 0 Å². The Morgan fingerprint density at radius 3 is 2.93 bits per heavy atom. The second-order valence-electron chi connectivity index (χ2n) is 4.76. The Hall–Kier alpha value is -0.570. The molecule has 1 heterocycles. The van der Waals surface area contributed by atoms with Gasteiger partial charge in [0.2, 0.25) is 0 Å². The maximum atomic E-state index is 11.5. The van der Waals surface area contributed by atoms with Crippen LogP contribution < -0.4 is 0 Å². The molecule has 0 spiro atoms. The number of hydrogen-bond acceptors (Lipinski definition) is 3. The van der Waals surface area contributed by atoms with Crippen LogP contribution in [0, 0.1) is 5.92 Å². The van der Waals surface area contributed by atoms with Crippen molar-refractivity contribution in [1.82, 2.24) is 0 Å². The second-order valence-corrected chi connectivity index (χ2v) is 4.76. The topological polar surface area (TPSA) is 35.5 Å². The lowest BCUT2D eigenvalue weighted by Gasteiger charge is -2.44. The molecule has 1 aliphatic carbocycles. The van der Waals surface area contributed by atoms with E-state index in [1.165, 1.54) is 0 Å². The van der Waals surface area contributed by atoms with Crippen LogP contribution in [0.2, 0.25) is 0 Å². The number of ether oxygens (including phenoxy) is 2. The van der Waals surface area contributed by atoms with Crippen LogP contribution in [0.4, 0.5) is 0 Å². The van der Waals surface area contributed by atoms with Crippen LogP contribution in [0.1, 0.15) is 40.0 Å². The normalized spacial score (nSPS) is 46.5. The summed E-state index contributed by atoms with van der Waals surface area (Å²) in [6.45, 7) is 6.72. The summed E-state index contributed by atoms with van der Waals surface area (Å²) in [5.74, 6) is 0.0875. The summed E-state index contributed by atoms with van der Waals surface area (Å²) in [7, 11) is 0. The van der Waals surface area contributed by atoms with Crippen molar-refractivity contribution in [2.24, 2.45) is 5.92 Å². The third-order valence-corrected chi connectivity index (χ3v) is 3.85. The Balaban J connectivity index is 2.25.